The molecule has 1 aromatic rings. The van der Waals surface area contributed by atoms with E-state index in [0.717, 1.165) is 37.6 Å². The molecule has 0 saturated heterocycles. The Bertz CT molecular complexity index is 433. The molecule has 1 aliphatic carbocycles. The van der Waals surface area contributed by atoms with Gasteiger partial charge in [0, 0.05) is 11.9 Å². The zero-order valence-electron chi connectivity index (χ0n) is 11.5. The lowest BCUT2D eigenvalue weighted by atomic mass is 9.82. The van der Waals surface area contributed by atoms with Gasteiger partial charge in [0.05, 0.1) is 5.92 Å². The molecule has 104 valence electrons. The number of carbonyl (C=O) groups excluding carboxylic acids is 1. The second-order valence-electron chi connectivity index (χ2n) is 5.47. The maximum Gasteiger partial charge on any atom is 0.227 e. The molecule has 2 atom stereocenters. The number of hydrogen-bond acceptors (Lipinski definition) is 1. The Kier molecular flexibility index (Phi) is 5.44. The molecule has 1 amide bonds. The molecule has 3 heteroatoms. The number of amides is 1. The van der Waals surface area contributed by atoms with Crippen LogP contribution in [0.4, 0.5) is 0 Å². The second-order valence-corrected chi connectivity index (χ2v) is 6.26. The second kappa shape index (κ2) is 7.09. The molecule has 1 aliphatic rings. The van der Waals surface area contributed by atoms with Gasteiger partial charge < -0.3 is 5.32 Å². The number of nitrogens with one attached hydrogen (secondary N) is 1. The van der Waals surface area contributed by atoms with Gasteiger partial charge in [0.2, 0.25) is 5.91 Å². The summed E-state index contributed by atoms with van der Waals surface area (Å²) in [5.74, 6) is 0.789. The summed E-state index contributed by atoms with van der Waals surface area (Å²) in [6.45, 7) is 2.96. The summed E-state index contributed by atoms with van der Waals surface area (Å²) in [6, 6.07) is 8.37. The van der Waals surface area contributed by atoms with Crippen LogP contribution < -0.4 is 5.32 Å². The van der Waals surface area contributed by atoms with Crippen molar-refractivity contribution in [3.05, 3.63) is 35.4 Å². The quantitative estimate of drug-likeness (QED) is 0.823. The minimum Gasteiger partial charge on any atom is -0.355 e. The van der Waals surface area contributed by atoms with Crippen LogP contribution in [0.3, 0.4) is 0 Å². The maximum absolute atomic E-state index is 12.3. The van der Waals surface area contributed by atoms with Crippen molar-refractivity contribution in [2.24, 2.45) is 5.92 Å². The molecule has 2 unspecified atom stereocenters. The highest BCUT2D eigenvalue weighted by Gasteiger charge is 2.25. The summed E-state index contributed by atoms with van der Waals surface area (Å²) in [5.41, 5.74) is 2.59. The van der Waals surface area contributed by atoms with Gasteiger partial charge in [0.1, 0.15) is 0 Å². The van der Waals surface area contributed by atoms with Crippen molar-refractivity contribution in [2.45, 2.75) is 38.5 Å². The summed E-state index contributed by atoms with van der Waals surface area (Å²) in [7, 11) is 0. The van der Waals surface area contributed by atoms with E-state index >= 15 is 0 Å². The number of hydrogen-bond donors (Lipinski definition) is 1. The van der Waals surface area contributed by atoms with Crippen molar-refractivity contribution in [2.75, 3.05) is 11.9 Å². The molecular formula is C16H22BrNO. The summed E-state index contributed by atoms with van der Waals surface area (Å²) in [6.07, 6.45) is 4.31. The van der Waals surface area contributed by atoms with Gasteiger partial charge in [0.25, 0.3) is 0 Å². The fourth-order valence-corrected chi connectivity index (χ4v) is 3.49. The minimum absolute atomic E-state index is 0.0566. The van der Waals surface area contributed by atoms with E-state index in [1.807, 2.05) is 6.07 Å². The number of aryl methyl sites for hydroxylation is 1. The highest BCUT2D eigenvalue weighted by Crippen LogP contribution is 2.31. The molecule has 0 bridgehead atoms. The average Bonchev–Trinajstić information content (AvgIpc) is 2.44. The van der Waals surface area contributed by atoms with Crippen LogP contribution in [0.15, 0.2) is 24.3 Å². The SMILES string of the molecule is CC(CCBr)CNC(=O)C1CCCc2ccccc21. The first-order chi connectivity index (χ1) is 9.22. The predicted molar refractivity (Wildman–Crippen MR) is 82.7 cm³/mol. The van der Waals surface area contributed by atoms with Crippen LogP contribution in [0, 0.1) is 5.92 Å². The number of benzene rings is 1. The first kappa shape index (κ1) is 14.6. The summed E-state index contributed by atoms with van der Waals surface area (Å²) >= 11 is 3.44. The first-order valence-electron chi connectivity index (χ1n) is 7.14. The Morgan fingerprint density at radius 3 is 3.05 bits per heavy atom. The van der Waals surface area contributed by atoms with E-state index in [4.69, 9.17) is 0 Å². The molecule has 0 fully saturated rings. The van der Waals surface area contributed by atoms with Gasteiger partial charge in [-0.25, -0.2) is 0 Å². The predicted octanol–water partition coefficient (Wildman–Crippen LogP) is 3.64. The molecular weight excluding hydrogens is 302 g/mol. The third-order valence-corrected chi connectivity index (χ3v) is 4.37. The fourth-order valence-electron chi connectivity index (χ4n) is 2.71. The van der Waals surface area contributed by atoms with Crippen LogP contribution in [0.2, 0.25) is 0 Å². The highest BCUT2D eigenvalue weighted by molar-refractivity contribution is 9.09. The Morgan fingerprint density at radius 2 is 2.26 bits per heavy atom. The third-order valence-electron chi connectivity index (χ3n) is 3.91. The molecule has 19 heavy (non-hydrogen) atoms. The largest absolute Gasteiger partial charge is 0.355 e. The zero-order valence-corrected chi connectivity index (χ0v) is 13.1. The summed E-state index contributed by atoms with van der Waals surface area (Å²) in [5, 5.41) is 4.11. The maximum atomic E-state index is 12.3. The van der Waals surface area contributed by atoms with E-state index in [0.29, 0.717) is 5.92 Å². The van der Waals surface area contributed by atoms with Crippen LogP contribution in [-0.2, 0) is 11.2 Å². The van der Waals surface area contributed by atoms with Crippen LogP contribution in [0.25, 0.3) is 0 Å². The van der Waals surface area contributed by atoms with E-state index < -0.39 is 0 Å². The van der Waals surface area contributed by atoms with E-state index in [2.05, 4.69) is 46.4 Å². The van der Waals surface area contributed by atoms with Crippen LogP contribution in [0.5, 0.6) is 0 Å². The Balaban J connectivity index is 1.97. The topological polar surface area (TPSA) is 29.1 Å². The van der Waals surface area contributed by atoms with Crippen LogP contribution in [-0.4, -0.2) is 17.8 Å². The molecule has 0 saturated carbocycles. The lowest BCUT2D eigenvalue weighted by molar-refractivity contribution is -0.123. The monoisotopic (exact) mass is 323 g/mol. The average molecular weight is 324 g/mol. The van der Waals surface area contributed by atoms with Gasteiger partial charge in [-0.3, -0.25) is 4.79 Å². The fraction of sp³-hybridized carbons (Fsp3) is 0.562. The number of rotatable bonds is 5. The Morgan fingerprint density at radius 1 is 1.47 bits per heavy atom. The highest BCUT2D eigenvalue weighted by atomic mass is 79.9. The lowest BCUT2D eigenvalue weighted by Crippen LogP contribution is -2.34. The van der Waals surface area contributed by atoms with Crippen molar-refractivity contribution in [1.29, 1.82) is 0 Å². The number of carbonyl (C=O) groups is 1. The number of halogens is 1. The van der Waals surface area contributed by atoms with Crippen LogP contribution in [0.1, 0.15) is 43.2 Å². The van der Waals surface area contributed by atoms with Crippen molar-refractivity contribution in [1.82, 2.24) is 5.32 Å². The normalized spacial score (nSPS) is 19.6. The van der Waals surface area contributed by atoms with Gasteiger partial charge >= 0.3 is 0 Å². The number of fused-ring (bicyclic) bond motifs is 1. The molecule has 0 aromatic heterocycles. The summed E-state index contributed by atoms with van der Waals surface area (Å²) in [4.78, 5) is 12.3. The van der Waals surface area contributed by atoms with Gasteiger partial charge in [-0.2, -0.15) is 0 Å². The molecule has 0 heterocycles. The van der Waals surface area contributed by atoms with Gasteiger partial charge in [-0.1, -0.05) is 47.1 Å². The Labute approximate surface area is 124 Å². The standard InChI is InChI=1S/C16H22BrNO/c1-12(9-10-17)11-18-16(19)15-8-4-6-13-5-2-3-7-14(13)15/h2-3,5,7,12,15H,4,6,8-11H2,1H3,(H,18,19). The molecule has 1 N–H and O–H groups in total. The molecule has 2 nitrogen and oxygen atoms in total. The molecule has 2 rings (SSSR count). The molecule has 0 spiro atoms. The van der Waals surface area contributed by atoms with E-state index in [1.165, 1.54) is 11.1 Å². The Hall–Kier alpha value is -0.830. The lowest BCUT2D eigenvalue weighted by Gasteiger charge is -2.25. The van der Waals surface area contributed by atoms with Crippen molar-refractivity contribution in [3.8, 4) is 0 Å². The van der Waals surface area contributed by atoms with Gasteiger partial charge in [-0.15, -0.1) is 0 Å². The third kappa shape index (κ3) is 3.82. The van der Waals surface area contributed by atoms with E-state index in [1.54, 1.807) is 0 Å². The van der Waals surface area contributed by atoms with Gasteiger partial charge in [-0.05, 0) is 42.7 Å². The smallest absolute Gasteiger partial charge is 0.227 e. The summed E-state index contributed by atoms with van der Waals surface area (Å²) < 4.78 is 0. The van der Waals surface area contributed by atoms with Gasteiger partial charge in [0.15, 0.2) is 0 Å². The van der Waals surface area contributed by atoms with E-state index in [-0.39, 0.29) is 11.8 Å². The van der Waals surface area contributed by atoms with Crippen LogP contribution >= 0.6 is 15.9 Å². The minimum atomic E-state index is 0.0566. The molecule has 0 aliphatic heterocycles. The van der Waals surface area contributed by atoms with E-state index in [9.17, 15) is 4.79 Å². The number of alkyl halides is 1. The van der Waals surface area contributed by atoms with Crippen molar-refractivity contribution in [3.63, 3.8) is 0 Å². The first-order valence-corrected chi connectivity index (χ1v) is 8.26. The van der Waals surface area contributed by atoms with Crippen molar-refractivity contribution < 1.29 is 4.79 Å². The molecule has 1 aromatic carbocycles. The molecule has 0 radical (unpaired) electrons. The zero-order chi connectivity index (χ0) is 13.7. The van der Waals surface area contributed by atoms with Crippen molar-refractivity contribution >= 4 is 21.8 Å².